The van der Waals surface area contributed by atoms with E-state index in [9.17, 15) is 0 Å². The Morgan fingerprint density at radius 2 is 1.67 bits per heavy atom. The summed E-state index contributed by atoms with van der Waals surface area (Å²) in [4.78, 5) is 11.6. The van der Waals surface area contributed by atoms with Gasteiger partial charge in [-0.05, 0) is 42.0 Å². The van der Waals surface area contributed by atoms with Gasteiger partial charge in [-0.2, -0.15) is 0 Å². The molecule has 1 heterocycles. The average Bonchev–Trinajstić information content (AvgIpc) is 2.80. The van der Waals surface area contributed by atoms with Gasteiger partial charge in [0.05, 0.1) is 6.61 Å². The molecule has 3 aromatic rings. The van der Waals surface area contributed by atoms with E-state index in [-0.39, 0.29) is 12.0 Å². The van der Waals surface area contributed by atoms with Crippen molar-refractivity contribution in [1.82, 2.24) is 0 Å². The van der Waals surface area contributed by atoms with Crippen LogP contribution in [0, 0.1) is 0 Å². The van der Waals surface area contributed by atoms with Crippen molar-refractivity contribution < 1.29 is 19.2 Å². The zero-order chi connectivity index (χ0) is 20.4. The van der Waals surface area contributed by atoms with Crippen LogP contribution in [-0.4, -0.2) is 18.5 Å². The predicted octanol–water partition coefficient (Wildman–Crippen LogP) is 6.74. The van der Waals surface area contributed by atoms with Gasteiger partial charge in [-0.15, -0.1) is 0 Å². The first-order valence-corrected chi connectivity index (χ1v) is 11.0. The SMILES string of the molecule is C[C@@H](c1ccc(Oc2cccc3ccccc23)cc1)C1COC2(CCCCC2)OO1. The summed E-state index contributed by atoms with van der Waals surface area (Å²) in [5.41, 5.74) is 1.18. The van der Waals surface area contributed by atoms with Gasteiger partial charge in [0.15, 0.2) is 0 Å². The monoisotopic (exact) mass is 404 g/mol. The minimum Gasteiger partial charge on any atom is -0.457 e. The molecule has 5 rings (SSSR count). The lowest BCUT2D eigenvalue weighted by Crippen LogP contribution is -2.47. The van der Waals surface area contributed by atoms with E-state index < -0.39 is 5.79 Å². The number of hydrogen-bond donors (Lipinski definition) is 0. The van der Waals surface area contributed by atoms with E-state index in [0.29, 0.717) is 6.61 Å². The van der Waals surface area contributed by atoms with E-state index in [1.807, 2.05) is 36.4 Å². The van der Waals surface area contributed by atoms with Crippen LogP contribution in [0.3, 0.4) is 0 Å². The molecule has 0 N–H and O–H groups in total. The van der Waals surface area contributed by atoms with Gasteiger partial charge in [-0.1, -0.05) is 61.9 Å². The maximum atomic E-state index is 6.17. The van der Waals surface area contributed by atoms with Crippen LogP contribution in [0.2, 0.25) is 0 Å². The van der Waals surface area contributed by atoms with Crippen LogP contribution in [0.25, 0.3) is 10.8 Å². The van der Waals surface area contributed by atoms with E-state index in [2.05, 4.69) is 37.3 Å². The minimum absolute atomic E-state index is 0.109. The van der Waals surface area contributed by atoms with Crippen LogP contribution in [0.4, 0.5) is 0 Å². The van der Waals surface area contributed by atoms with E-state index >= 15 is 0 Å². The van der Waals surface area contributed by atoms with Crippen molar-refractivity contribution in [2.75, 3.05) is 6.61 Å². The molecule has 1 saturated carbocycles. The fourth-order valence-electron chi connectivity index (χ4n) is 4.45. The van der Waals surface area contributed by atoms with Crippen molar-refractivity contribution in [3.05, 3.63) is 72.3 Å². The molecule has 30 heavy (non-hydrogen) atoms. The Kier molecular flexibility index (Phi) is 5.47. The molecule has 0 radical (unpaired) electrons. The molecule has 1 unspecified atom stereocenters. The summed E-state index contributed by atoms with van der Waals surface area (Å²) in [6, 6.07) is 22.6. The molecule has 1 aliphatic carbocycles. The maximum absolute atomic E-state index is 6.17. The van der Waals surface area contributed by atoms with Gasteiger partial charge in [-0.3, -0.25) is 0 Å². The Morgan fingerprint density at radius 1 is 0.900 bits per heavy atom. The minimum atomic E-state index is -0.509. The molecule has 2 aliphatic rings. The lowest BCUT2D eigenvalue weighted by Gasteiger charge is -2.42. The van der Waals surface area contributed by atoms with Crippen LogP contribution in [-0.2, 0) is 14.5 Å². The molecule has 0 aromatic heterocycles. The van der Waals surface area contributed by atoms with E-state index in [1.165, 1.54) is 17.4 Å². The molecule has 1 spiro atoms. The summed E-state index contributed by atoms with van der Waals surface area (Å²) in [5.74, 6) is 1.34. The Labute approximate surface area is 177 Å². The highest BCUT2D eigenvalue weighted by Crippen LogP contribution is 2.38. The normalized spacial score (nSPS) is 22.1. The third-order valence-corrected chi connectivity index (χ3v) is 6.39. The number of benzene rings is 3. The van der Waals surface area contributed by atoms with Crippen molar-refractivity contribution in [2.24, 2.45) is 0 Å². The Balaban J connectivity index is 1.25. The highest BCUT2D eigenvalue weighted by Gasteiger charge is 2.41. The van der Waals surface area contributed by atoms with Crippen molar-refractivity contribution in [3.63, 3.8) is 0 Å². The standard InChI is InChI=1S/C26H28O4/c1-19(25-18-27-26(30-29-25)16-5-2-6-17-26)20-12-14-22(15-13-20)28-24-11-7-9-21-8-3-4-10-23(21)24/h3-4,7-15,19,25H,2,5-6,16-18H2,1H3/t19-,25?/m0/s1. The Hall–Kier alpha value is -2.40. The number of ether oxygens (including phenoxy) is 2. The molecule has 4 nitrogen and oxygen atoms in total. The smallest absolute Gasteiger partial charge is 0.201 e. The zero-order valence-electron chi connectivity index (χ0n) is 17.4. The lowest BCUT2D eigenvalue weighted by molar-refractivity contribution is -0.493. The topological polar surface area (TPSA) is 36.9 Å². The Morgan fingerprint density at radius 3 is 2.43 bits per heavy atom. The van der Waals surface area contributed by atoms with Crippen LogP contribution < -0.4 is 4.74 Å². The van der Waals surface area contributed by atoms with Gasteiger partial charge in [0, 0.05) is 24.1 Å². The molecular formula is C26H28O4. The van der Waals surface area contributed by atoms with E-state index in [4.69, 9.17) is 19.2 Å². The first kappa shape index (κ1) is 19.6. The summed E-state index contributed by atoms with van der Waals surface area (Å²) >= 11 is 0. The van der Waals surface area contributed by atoms with Gasteiger partial charge < -0.3 is 9.47 Å². The van der Waals surface area contributed by atoms with Gasteiger partial charge in [-0.25, -0.2) is 9.78 Å². The maximum Gasteiger partial charge on any atom is 0.201 e. The van der Waals surface area contributed by atoms with Gasteiger partial charge in [0.25, 0.3) is 0 Å². The van der Waals surface area contributed by atoms with Crippen molar-refractivity contribution in [1.29, 1.82) is 0 Å². The van der Waals surface area contributed by atoms with Crippen LogP contribution in [0.1, 0.15) is 50.5 Å². The summed E-state index contributed by atoms with van der Waals surface area (Å²) in [5, 5.41) is 2.28. The quantitative estimate of drug-likeness (QED) is 0.451. The first-order chi connectivity index (χ1) is 14.7. The molecule has 1 saturated heterocycles. The van der Waals surface area contributed by atoms with E-state index in [0.717, 1.165) is 42.6 Å². The predicted molar refractivity (Wildman–Crippen MR) is 117 cm³/mol. The zero-order valence-corrected chi connectivity index (χ0v) is 17.4. The molecule has 2 atom stereocenters. The van der Waals surface area contributed by atoms with Gasteiger partial charge in [0.2, 0.25) is 5.79 Å². The average molecular weight is 405 g/mol. The Bertz CT molecular complexity index is 976. The molecule has 1 aliphatic heterocycles. The van der Waals surface area contributed by atoms with Crippen LogP contribution in [0.15, 0.2) is 66.7 Å². The molecule has 0 amide bonds. The number of rotatable bonds is 4. The highest BCUT2D eigenvalue weighted by atomic mass is 17.2. The summed E-state index contributed by atoms with van der Waals surface area (Å²) in [7, 11) is 0. The molecule has 156 valence electrons. The molecule has 3 aromatic carbocycles. The fraction of sp³-hybridized carbons (Fsp3) is 0.385. The van der Waals surface area contributed by atoms with Crippen LogP contribution in [0.5, 0.6) is 11.5 Å². The summed E-state index contributed by atoms with van der Waals surface area (Å²) in [6.45, 7) is 2.71. The summed E-state index contributed by atoms with van der Waals surface area (Å²) in [6.07, 6.45) is 5.27. The number of hydrogen-bond acceptors (Lipinski definition) is 4. The fourth-order valence-corrected chi connectivity index (χ4v) is 4.45. The van der Waals surface area contributed by atoms with Crippen LogP contribution >= 0.6 is 0 Å². The van der Waals surface area contributed by atoms with E-state index in [1.54, 1.807) is 0 Å². The van der Waals surface area contributed by atoms with Gasteiger partial charge in [0.1, 0.15) is 17.6 Å². The second-order valence-corrected chi connectivity index (χ2v) is 8.44. The van der Waals surface area contributed by atoms with Crippen molar-refractivity contribution in [3.8, 4) is 11.5 Å². The third-order valence-electron chi connectivity index (χ3n) is 6.39. The molecule has 4 heteroatoms. The van der Waals surface area contributed by atoms with Gasteiger partial charge >= 0.3 is 0 Å². The third kappa shape index (κ3) is 3.95. The molecule has 0 bridgehead atoms. The van der Waals surface area contributed by atoms with Crippen molar-refractivity contribution in [2.45, 2.75) is 56.8 Å². The molecule has 2 fully saturated rings. The lowest BCUT2D eigenvalue weighted by atomic mass is 9.92. The first-order valence-electron chi connectivity index (χ1n) is 11.0. The second kappa shape index (κ2) is 8.38. The highest BCUT2D eigenvalue weighted by molar-refractivity contribution is 5.88. The summed E-state index contributed by atoms with van der Waals surface area (Å²) < 4.78 is 12.3. The van der Waals surface area contributed by atoms with Crippen molar-refractivity contribution >= 4 is 10.8 Å². The largest absolute Gasteiger partial charge is 0.457 e. The number of fused-ring (bicyclic) bond motifs is 1. The molecular weight excluding hydrogens is 376 g/mol. The second-order valence-electron chi connectivity index (χ2n) is 8.44.